The van der Waals surface area contributed by atoms with E-state index in [1.165, 1.54) is 11.8 Å². The molecule has 1 saturated heterocycles. The van der Waals surface area contributed by atoms with Crippen LogP contribution in [-0.2, 0) is 4.74 Å². The number of amides is 1. The van der Waals surface area contributed by atoms with Crippen molar-refractivity contribution in [2.75, 3.05) is 36.5 Å². The van der Waals surface area contributed by atoms with Crippen molar-refractivity contribution in [2.45, 2.75) is 87.8 Å². The minimum Gasteiger partial charge on any atom is -0.444 e. The summed E-state index contributed by atoms with van der Waals surface area (Å²) in [6.07, 6.45) is 10.9. The Hall–Kier alpha value is -2.30. The van der Waals surface area contributed by atoms with Gasteiger partial charge in [0.25, 0.3) is 0 Å². The highest BCUT2D eigenvalue weighted by Crippen LogP contribution is 2.37. The van der Waals surface area contributed by atoms with E-state index in [-0.39, 0.29) is 18.1 Å². The van der Waals surface area contributed by atoms with Gasteiger partial charge < -0.3 is 25.4 Å². The molecule has 1 aliphatic heterocycles. The number of hydrogen-bond acceptors (Lipinski definition) is 9. The number of carbonyl (C=O) groups is 1. The second-order valence-electron chi connectivity index (χ2n) is 12.0. The number of ether oxygens (including phenoxy) is 1. The van der Waals surface area contributed by atoms with Crippen LogP contribution in [0.3, 0.4) is 0 Å². The van der Waals surface area contributed by atoms with Gasteiger partial charge in [0.1, 0.15) is 22.3 Å². The molecule has 9 nitrogen and oxygen atoms in total. The first-order valence-electron chi connectivity index (χ1n) is 13.8. The Kier molecular flexibility index (Phi) is 9.82. The number of nitrogens with one attached hydrogen (secondary N) is 2. The van der Waals surface area contributed by atoms with Gasteiger partial charge in [0, 0.05) is 43.4 Å². The predicted molar refractivity (Wildman–Crippen MR) is 156 cm³/mol. The van der Waals surface area contributed by atoms with Gasteiger partial charge in [0.2, 0.25) is 0 Å². The van der Waals surface area contributed by atoms with E-state index in [9.17, 15) is 9.90 Å². The van der Waals surface area contributed by atoms with Crippen molar-refractivity contribution >= 4 is 41.1 Å². The molecule has 1 aliphatic carbocycles. The lowest BCUT2D eigenvalue weighted by Crippen LogP contribution is -2.45. The lowest BCUT2D eigenvalue weighted by molar-refractivity contribution is 0.0495. The monoisotopic (exact) mass is 576 g/mol. The third kappa shape index (κ3) is 8.59. The van der Waals surface area contributed by atoms with Gasteiger partial charge in [-0.25, -0.2) is 19.7 Å². The molecule has 0 aromatic carbocycles. The number of alkyl carbamates (subject to hydrolysis) is 1. The Bertz CT molecular complexity index is 1100. The molecule has 0 unspecified atom stereocenters. The molecule has 11 heteroatoms. The molecule has 2 aromatic heterocycles. The third-order valence-corrected chi connectivity index (χ3v) is 8.96. The van der Waals surface area contributed by atoms with Crippen LogP contribution in [0.4, 0.5) is 16.4 Å². The molecule has 3 N–H and O–H groups in total. The molecular weight excluding hydrogens is 536 g/mol. The fourth-order valence-corrected chi connectivity index (χ4v) is 6.01. The maximum absolute atomic E-state index is 12.1. The van der Waals surface area contributed by atoms with E-state index >= 15 is 0 Å². The number of pyridine rings is 1. The molecule has 0 spiro atoms. The normalized spacial score (nSPS) is 21.3. The number of aromatic nitrogens is 3. The standard InChI is InChI=1S/C28H41ClN6O3S/c1-27(2,3)38-26(37)33-18-28(4)10-13-35(14-11-28)22-15-32-23(16-31-22)39-21-9-12-30-25(24(21)29)34-20-7-5-19(17-36)6-8-20/h9,12,15-16,19-20,36H,5-8,10-11,13-14,17-18H2,1-4H3,(H,30,34)(H,33,37). The van der Waals surface area contributed by atoms with Gasteiger partial charge in [0.05, 0.1) is 17.4 Å². The molecule has 0 atom stereocenters. The number of piperidine rings is 1. The van der Waals surface area contributed by atoms with Crippen molar-refractivity contribution in [2.24, 2.45) is 11.3 Å². The minimum atomic E-state index is -0.500. The average Bonchev–Trinajstić information content (AvgIpc) is 2.90. The Morgan fingerprint density at radius 2 is 1.90 bits per heavy atom. The molecule has 2 fully saturated rings. The molecule has 3 heterocycles. The average molecular weight is 577 g/mol. The van der Waals surface area contributed by atoms with Gasteiger partial charge in [-0.2, -0.15) is 0 Å². The van der Waals surface area contributed by atoms with E-state index in [0.717, 1.165) is 67.4 Å². The summed E-state index contributed by atoms with van der Waals surface area (Å²) in [5.41, 5.74) is -0.488. The second-order valence-corrected chi connectivity index (χ2v) is 13.4. The zero-order chi connectivity index (χ0) is 28.0. The zero-order valence-electron chi connectivity index (χ0n) is 23.4. The fraction of sp³-hybridized carbons (Fsp3) is 0.643. The summed E-state index contributed by atoms with van der Waals surface area (Å²) in [5.74, 6) is 1.95. The van der Waals surface area contributed by atoms with E-state index < -0.39 is 5.60 Å². The van der Waals surface area contributed by atoms with Crippen LogP contribution in [0, 0.1) is 11.3 Å². The first-order valence-corrected chi connectivity index (χ1v) is 15.0. The highest BCUT2D eigenvalue weighted by atomic mass is 35.5. The summed E-state index contributed by atoms with van der Waals surface area (Å²) >= 11 is 8.19. The largest absolute Gasteiger partial charge is 0.444 e. The van der Waals surface area contributed by atoms with Crippen molar-refractivity contribution in [3.8, 4) is 0 Å². The first-order chi connectivity index (χ1) is 18.5. The Morgan fingerprint density at radius 1 is 1.18 bits per heavy atom. The molecule has 4 rings (SSSR count). The van der Waals surface area contributed by atoms with Gasteiger partial charge in [-0.15, -0.1) is 0 Å². The zero-order valence-corrected chi connectivity index (χ0v) is 24.9. The number of hydrogen-bond donors (Lipinski definition) is 3. The van der Waals surface area contributed by atoms with Gasteiger partial charge in [0.15, 0.2) is 0 Å². The van der Waals surface area contributed by atoms with Crippen LogP contribution in [0.25, 0.3) is 0 Å². The maximum Gasteiger partial charge on any atom is 0.407 e. The van der Waals surface area contributed by atoms with Crippen molar-refractivity contribution < 1.29 is 14.6 Å². The van der Waals surface area contributed by atoms with Crippen LogP contribution in [0.5, 0.6) is 0 Å². The Morgan fingerprint density at radius 3 is 2.51 bits per heavy atom. The number of rotatable bonds is 8. The summed E-state index contributed by atoms with van der Waals surface area (Å²) in [4.78, 5) is 29.0. The number of carbonyl (C=O) groups excluding carboxylic acids is 1. The topological polar surface area (TPSA) is 112 Å². The molecule has 2 aromatic rings. The van der Waals surface area contributed by atoms with Crippen LogP contribution in [0.1, 0.15) is 66.2 Å². The number of anilines is 2. The molecule has 2 aliphatic rings. The van der Waals surface area contributed by atoms with Crippen molar-refractivity contribution in [1.82, 2.24) is 20.3 Å². The van der Waals surface area contributed by atoms with Crippen molar-refractivity contribution in [3.05, 3.63) is 29.7 Å². The lowest BCUT2D eigenvalue weighted by Gasteiger charge is -2.40. The molecule has 39 heavy (non-hydrogen) atoms. The smallest absolute Gasteiger partial charge is 0.407 e. The van der Waals surface area contributed by atoms with E-state index in [1.807, 2.05) is 33.0 Å². The highest BCUT2D eigenvalue weighted by Gasteiger charge is 2.32. The summed E-state index contributed by atoms with van der Waals surface area (Å²) in [6, 6.07) is 2.21. The van der Waals surface area contributed by atoms with E-state index in [1.54, 1.807) is 12.4 Å². The highest BCUT2D eigenvalue weighted by molar-refractivity contribution is 7.99. The molecule has 1 amide bonds. The first kappa shape index (κ1) is 29.7. The molecule has 1 saturated carbocycles. The molecule has 0 bridgehead atoms. The van der Waals surface area contributed by atoms with Gasteiger partial charge in [-0.05, 0) is 76.7 Å². The summed E-state index contributed by atoms with van der Waals surface area (Å²) in [5, 5.41) is 17.2. The Labute approximate surface area is 240 Å². The number of aliphatic hydroxyl groups is 1. The van der Waals surface area contributed by atoms with Gasteiger partial charge >= 0.3 is 6.09 Å². The minimum absolute atomic E-state index is 0.0125. The van der Waals surface area contributed by atoms with Crippen LogP contribution < -0.4 is 15.5 Å². The van der Waals surface area contributed by atoms with E-state index in [2.05, 4.69) is 37.4 Å². The molecule has 0 radical (unpaired) electrons. The van der Waals surface area contributed by atoms with Gasteiger partial charge in [-0.3, -0.25) is 0 Å². The van der Waals surface area contributed by atoms with E-state index in [0.29, 0.717) is 29.3 Å². The number of nitrogens with zero attached hydrogens (tertiary/aromatic N) is 4. The predicted octanol–water partition coefficient (Wildman–Crippen LogP) is 5.77. The lowest BCUT2D eigenvalue weighted by atomic mass is 9.80. The van der Waals surface area contributed by atoms with Crippen LogP contribution in [0.2, 0.25) is 5.02 Å². The summed E-state index contributed by atoms with van der Waals surface area (Å²) in [7, 11) is 0. The van der Waals surface area contributed by atoms with Crippen LogP contribution in [0.15, 0.2) is 34.6 Å². The third-order valence-electron chi connectivity index (χ3n) is 7.48. The molecular formula is C28H41ClN6O3S. The SMILES string of the molecule is CC1(CNC(=O)OC(C)(C)C)CCN(c2cnc(Sc3ccnc(NC4CCC(CO)CC4)c3Cl)cn2)CC1. The fourth-order valence-electron chi connectivity index (χ4n) is 4.98. The quantitative estimate of drug-likeness (QED) is 0.360. The maximum atomic E-state index is 12.1. The second kappa shape index (κ2) is 12.9. The summed E-state index contributed by atoms with van der Waals surface area (Å²) < 4.78 is 5.37. The Balaban J connectivity index is 1.28. The number of aliphatic hydroxyl groups excluding tert-OH is 1. The molecule has 214 valence electrons. The van der Waals surface area contributed by atoms with Gasteiger partial charge in [-0.1, -0.05) is 30.3 Å². The summed E-state index contributed by atoms with van der Waals surface area (Å²) in [6.45, 7) is 10.3. The van der Waals surface area contributed by atoms with Crippen LogP contribution >= 0.6 is 23.4 Å². The van der Waals surface area contributed by atoms with E-state index in [4.69, 9.17) is 16.3 Å². The number of halogens is 1. The van der Waals surface area contributed by atoms with Crippen molar-refractivity contribution in [1.29, 1.82) is 0 Å². The van der Waals surface area contributed by atoms with Crippen molar-refractivity contribution in [3.63, 3.8) is 0 Å². The van der Waals surface area contributed by atoms with Crippen LogP contribution in [-0.4, -0.2) is 64.0 Å².